The van der Waals surface area contributed by atoms with Gasteiger partial charge in [0.2, 0.25) is 15.8 Å². The second-order valence-electron chi connectivity index (χ2n) is 11.9. The van der Waals surface area contributed by atoms with Gasteiger partial charge in [-0.1, -0.05) is 18.2 Å². The second kappa shape index (κ2) is 13.0. The molecule has 0 spiro atoms. The van der Waals surface area contributed by atoms with E-state index in [0.29, 0.717) is 23.2 Å². The molecular weight excluding hydrogens is 588 g/mol. The topological polar surface area (TPSA) is 170 Å². The van der Waals surface area contributed by atoms with Gasteiger partial charge in [-0.25, -0.2) is 18.0 Å². The molecule has 2 heterocycles. The highest BCUT2D eigenvalue weighted by Gasteiger charge is 2.36. The summed E-state index contributed by atoms with van der Waals surface area (Å²) in [4.78, 5) is 43.0. The average Bonchev–Trinajstić information content (AvgIpc) is 3.40. The number of sulfonamides is 1. The Hall–Kier alpha value is -3.94. The van der Waals surface area contributed by atoms with Crippen molar-refractivity contribution in [3.63, 3.8) is 0 Å². The normalized spacial score (nSPS) is 17.1. The van der Waals surface area contributed by atoms with Gasteiger partial charge in [-0.3, -0.25) is 4.79 Å². The zero-order chi connectivity index (χ0) is 32.3. The Balaban J connectivity index is 1.53. The molecule has 4 rings (SSSR count). The lowest BCUT2D eigenvalue weighted by molar-refractivity contribution is -0.149. The Morgan fingerprint density at radius 2 is 1.80 bits per heavy atom. The van der Waals surface area contributed by atoms with Gasteiger partial charge in [0.1, 0.15) is 18.0 Å². The van der Waals surface area contributed by atoms with E-state index in [9.17, 15) is 22.8 Å². The van der Waals surface area contributed by atoms with Crippen molar-refractivity contribution in [3.8, 4) is 5.75 Å². The number of hydrogen-bond acceptors (Lipinski definition) is 9. The van der Waals surface area contributed by atoms with E-state index in [0.717, 1.165) is 19.3 Å². The predicted octanol–water partition coefficient (Wildman–Crippen LogP) is 4.08. The number of likely N-dealkylation sites (tertiary alicyclic amines) is 1. The molecule has 1 unspecified atom stereocenters. The fourth-order valence-corrected chi connectivity index (χ4v) is 6.22. The largest absolute Gasteiger partial charge is 0.491 e. The summed E-state index contributed by atoms with van der Waals surface area (Å²) in [5.41, 5.74) is 4.22. The van der Waals surface area contributed by atoms with Gasteiger partial charge in [-0.2, -0.15) is 4.72 Å². The van der Waals surface area contributed by atoms with Gasteiger partial charge in [-0.05, 0) is 84.2 Å². The van der Waals surface area contributed by atoms with Crippen LogP contribution < -0.4 is 15.2 Å². The van der Waals surface area contributed by atoms with Crippen LogP contribution in [0.15, 0.2) is 53.4 Å². The molecule has 1 saturated heterocycles. The Kier molecular flexibility index (Phi) is 9.71. The summed E-state index contributed by atoms with van der Waals surface area (Å²) in [6.45, 7) is 9.14. The van der Waals surface area contributed by atoms with Gasteiger partial charge < -0.3 is 29.8 Å². The molecule has 1 fully saturated rings. The monoisotopic (exact) mass is 628 g/mol. The number of ether oxygens (including phenoxy) is 3. The summed E-state index contributed by atoms with van der Waals surface area (Å²) in [6, 6.07) is 12.3. The maximum atomic E-state index is 13.5. The van der Waals surface area contributed by atoms with Crippen LogP contribution in [0.3, 0.4) is 0 Å². The first-order valence-corrected chi connectivity index (χ1v) is 16.0. The van der Waals surface area contributed by atoms with E-state index >= 15 is 0 Å². The molecule has 3 aromatic rings. The number of aromatic amines is 1. The number of piperidine rings is 1. The molecule has 44 heavy (non-hydrogen) atoms. The lowest BCUT2D eigenvalue weighted by atomic mass is 10.0. The highest BCUT2D eigenvalue weighted by molar-refractivity contribution is 7.89. The van der Waals surface area contributed by atoms with Crippen molar-refractivity contribution in [2.45, 2.75) is 76.1 Å². The summed E-state index contributed by atoms with van der Waals surface area (Å²) < 4.78 is 44.8. The molecule has 1 aliphatic rings. The van der Waals surface area contributed by atoms with Crippen LogP contribution in [0.5, 0.6) is 5.75 Å². The molecule has 0 aliphatic carbocycles. The van der Waals surface area contributed by atoms with Crippen LogP contribution in [0.2, 0.25) is 0 Å². The van der Waals surface area contributed by atoms with Crippen LogP contribution in [0.1, 0.15) is 69.9 Å². The zero-order valence-electron chi connectivity index (χ0n) is 25.6. The summed E-state index contributed by atoms with van der Waals surface area (Å²) in [7, 11) is -4.29. The van der Waals surface area contributed by atoms with Gasteiger partial charge in [0.05, 0.1) is 23.2 Å². The molecule has 0 radical (unpaired) electrons. The van der Waals surface area contributed by atoms with Gasteiger partial charge in [0.25, 0.3) is 0 Å². The second-order valence-corrected chi connectivity index (χ2v) is 13.6. The number of amides is 1. The van der Waals surface area contributed by atoms with Crippen molar-refractivity contribution in [2.24, 2.45) is 5.73 Å². The number of hydrogen-bond donors (Lipinski definition) is 3. The Morgan fingerprint density at radius 3 is 2.50 bits per heavy atom. The summed E-state index contributed by atoms with van der Waals surface area (Å²) in [6.07, 6.45) is 2.28. The van der Waals surface area contributed by atoms with Gasteiger partial charge in [-0.15, -0.1) is 0 Å². The minimum atomic E-state index is -4.29. The number of carbonyl (C=O) groups excluding carboxylic acids is 3. The number of esters is 1. The summed E-state index contributed by atoms with van der Waals surface area (Å²) in [5.74, 6) is -0.851. The number of rotatable bonds is 10. The zero-order valence-corrected chi connectivity index (χ0v) is 26.5. The van der Waals surface area contributed by atoms with E-state index in [1.54, 1.807) is 36.1 Å². The molecule has 0 bridgehead atoms. The first kappa shape index (κ1) is 33.0. The molecule has 4 N–H and O–H groups in total. The summed E-state index contributed by atoms with van der Waals surface area (Å²) >= 11 is 0. The lowest BCUT2D eigenvalue weighted by Gasteiger charge is -2.36. The molecule has 1 aromatic heterocycles. The van der Waals surface area contributed by atoms with Crippen molar-refractivity contribution >= 4 is 38.8 Å². The van der Waals surface area contributed by atoms with Crippen molar-refractivity contribution < 1.29 is 37.0 Å². The molecule has 1 amide bonds. The molecule has 1 aliphatic heterocycles. The van der Waals surface area contributed by atoms with Crippen LogP contribution in [-0.4, -0.2) is 73.2 Å². The first-order valence-electron chi connectivity index (χ1n) is 14.5. The lowest BCUT2D eigenvalue weighted by Crippen LogP contribution is -2.59. The number of carbonyl (C=O) groups is 3. The van der Waals surface area contributed by atoms with Crippen LogP contribution in [0, 0.1) is 0 Å². The van der Waals surface area contributed by atoms with Gasteiger partial charge in [0.15, 0.2) is 5.66 Å². The van der Waals surface area contributed by atoms with E-state index < -0.39 is 33.0 Å². The van der Waals surface area contributed by atoms with Gasteiger partial charge >= 0.3 is 12.1 Å². The van der Waals surface area contributed by atoms with Crippen LogP contribution in [0.25, 0.3) is 10.9 Å². The fraction of sp³-hybridized carbons (Fsp3) is 0.452. The first-order chi connectivity index (χ1) is 20.6. The molecule has 0 saturated carbocycles. The minimum Gasteiger partial charge on any atom is -0.491 e. The highest BCUT2D eigenvalue weighted by atomic mass is 32.2. The average molecular weight is 629 g/mol. The number of nitrogens with two attached hydrogens (primary N) is 1. The third-order valence-electron chi connectivity index (χ3n) is 7.01. The van der Waals surface area contributed by atoms with Crippen LogP contribution in [-0.2, 0) is 24.3 Å². The van der Waals surface area contributed by atoms with E-state index in [1.807, 2.05) is 20.8 Å². The molecule has 13 heteroatoms. The van der Waals surface area contributed by atoms with Crippen molar-refractivity contribution in [1.82, 2.24) is 14.6 Å². The number of aromatic nitrogens is 1. The molecule has 2 aromatic carbocycles. The number of ketones is 1. The SMILES string of the molecule is CCOC(=O)[C@@](C)(N)NS(=O)(=O)c1cccc(C(=O)c2cc3c(OCC4CCCCN4C(=O)OC(C)(C)C)cccc3[nH]2)c1. The van der Waals surface area contributed by atoms with E-state index in [2.05, 4.69) is 9.71 Å². The number of benzene rings is 2. The summed E-state index contributed by atoms with van der Waals surface area (Å²) in [5, 5.41) is 0.661. The van der Waals surface area contributed by atoms with E-state index in [4.69, 9.17) is 19.9 Å². The van der Waals surface area contributed by atoms with Crippen molar-refractivity contribution in [2.75, 3.05) is 19.8 Å². The fourth-order valence-electron chi connectivity index (χ4n) is 4.92. The quantitative estimate of drug-likeness (QED) is 0.170. The Bertz CT molecular complexity index is 1640. The number of H-pyrrole nitrogens is 1. The molecule has 2 atom stereocenters. The van der Waals surface area contributed by atoms with Crippen molar-refractivity contribution in [3.05, 3.63) is 59.8 Å². The van der Waals surface area contributed by atoms with Crippen molar-refractivity contribution in [1.29, 1.82) is 0 Å². The number of nitrogens with one attached hydrogen (secondary N) is 2. The van der Waals surface area contributed by atoms with E-state index in [-0.39, 0.29) is 41.5 Å². The highest BCUT2D eigenvalue weighted by Crippen LogP contribution is 2.29. The molecular formula is C31H40N4O8S. The standard InChI is InChI=1S/C31H40N4O8S/c1-6-41-28(37)31(5,32)34-44(39,40)22-13-9-11-20(17-22)27(36)25-18-23-24(33-25)14-10-15-26(23)42-19-21-12-7-8-16-35(21)29(38)43-30(2,3)4/h9-11,13-15,17-18,21,33-34H,6-8,12,16,19,32H2,1-5H3/t21?,31-/m0/s1. The predicted molar refractivity (Wildman–Crippen MR) is 164 cm³/mol. The smallest absolute Gasteiger partial charge is 0.410 e. The van der Waals surface area contributed by atoms with E-state index in [1.165, 1.54) is 31.2 Å². The third-order valence-corrected chi connectivity index (χ3v) is 8.57. The third kappa shape index (κ3) is 7.76. The van der Waals surface area contributed by atoms with Crippen LogP contribution in [0.4, 0.5) is 4.79 Å². The Morgan fingerprint density at radius 1 is 1.07 bits per heavy atom. The number of fused-ring (bicyclic) bond motifs is 1. The molecule has 12 nitrogen and oxygen atoms in total. The maximum absolute atomic E-state index is 13.5. The maximum Gasteiger partial charge on any atom is 0.410 e. The molecule has 238 valence electrons. The minimum absolute atomic E-state index is 0.0275. The van der Waals surface area contributed by atoms with Crippen LogP contribution >= 0.6 is 0 Å². The van der Waals surface area contributed by atoms with Gasteiger partial charge in [0, 0.05) is 23.0 Å². The number of nitrogens with zero attached hydrogens (tertiary/aromatic N) is 1. The Labute approximate surface area is 257 Å².